The Morgan fingerprint density at radius 2 is 1.94 bits per heavy atom. The predicted octanol–water partition coefficient (Wildman–Crippen LogP) is 4.06. The van der Waals surface area contributed by atoms with E-state index in [-0.39, 0.29) is 23.2 Å². The van der Waals surface area contributed by atoms with E-state index in [1.807, 2.05) is 0 Å². The molecule has 0 spiro atoms. The average molecular weight is 244 g/mol. The third-order valence-corrected chi connectivity index (χ3v) is 5.90. The molecule has 1 nitrogen and oxygen atoms in total. The van der Waals surface area contributed by atoms with Crippen LogP contribution in [0.3, 0.4) is 0 Å². The van der Waals surface area contributed by atoms with Crippen molar-refractivity contribution >= 4 is 5.78 Å². The molecule has 2 bridgehead atoms. The van der Waals surface area contributed by atoms with Crippen molar-refractivity contribution in [1.82, 2.24) is 0 Å². The molecule has 0 aromatic rings. The summed E-state index contributed by atoms with van der Waals surface area (Å²) < 4.78 is 26.0. The topological polar surface area (TPSA) is 17.1 Å². The first-order chi connectivity index (χ1) is 7.59. The summed E-state index contributed by atoms with van der Waals surface area (Å²) in [4.78, 5) is 11.5. The van der Waals surface area contributed by atoms with E-state index in [1.165, 1.54) is 6.42 Å². The van der Waals surface area contributed by atoms with Crippen molar-refractivity contribution in [3.05, 3.63) is 0 Å². The molecule has 17 heavy (non-hydrogen) atoms. The fourth-order valence-electron chi connectivity index (χ4n) is 4.08. The Morgan fingerprint density at radius 1 is 1.35 bits per heavy atom. The Labute approximate surface area is 102 Å². The quantitative estimate of drug-likeness (QED) is 0.731. The van der Waals surface area contributed by atoms with Crippen LogP contribution in [0.25, 0.3) is 0 Å². The van der Waals surface area contributed by atoms with Crippen LogP contribution in [0.1, 0.15) is 53.4 Å². The standard InChI is InChI=1S/C14H22F2O/c1-12(2)9-5-6-13(12,3)10(7-9)8-11(17)14(4,15)16/h9-10H,5-8H2,1-4H3. The number of carbonyl (C=O) groups is 1. The number of Topliss-reactive ketones (excluding diaryl/α,β-unsaturated/α-hetero) is 1. The Bertz CT molecular complexity index is 343. The molecule has 2 aliphatic rings. The molecule has 0 aromatic heterocycles. The van der Waals surface area contributed by atoms with Crippen molar-refractivity contribution in [1.29, 1.82) is 0 Å². The summed E-state index contributed by atoms with van der Waals surface area (Å²) in [5, 5.41) is 0. The molecule has 0 aliphatic heterocycles. The molecule has 3 heteroatoms. The van der Waals surface area contributed by atoms with Crippen LogP contribution in [0.4, 0.5) is 8.78 Å². The molecule has 0 amide bonds. The lowest BCUT2D eigenvalue weighted by Gasteiger charge is -2.39. The van der Waals surface area contributed by atoms with Crippen molar-refractivity contribution in [3.63, 3.8) is 0 Å². The van der Waals surface area contributed by atoms with Gasteiger partial charge in [0.1, 0.15) is 0 Å². The van der Waals surface area contributed by atoms with E-state index < -0.39 is 11.7 Å². The van der Waals surface area contributed by atoms with Crippen molar-refractivity contribution in [2.24, 2.45) is 22.7 Å². The van der Waals surface area contributed by atoms with Gasteiger partial charge in [0, 0.05) is 13.3 Å². The maximum atomic E-state index is 13.0. The monoisotopic (exact) mass is 244 g/mol. The summed E-state index contributed by atoms with van der Waals surface area (Å²) >= 11 is 0. The van der Waals surface area contributed by atoms with E-state index in [9.17, 15) is 13.6 Å². The minimum absolute atomic E-state index is 0.0555. The van der Waals surface area contributed by atoms with Gasteiger partial charge in [-0.15, -0.1) is 0 Å². The van der Waals surface area contributed by atoms with E-state index >= 15 is 0 Å². The van der Waals surface area contributed by atoms with Crippen molar-refractivity contribution in [2.75, 3.05) is 0 Å². The molecule has 0 saturated heterocycles. The normalized spacial score (nSPS) is 39.6. The van der Waals surface area contributed by atoms with E-state index in [2.05, 4.69) is 20.8 Å². The Hall–Kier alpha value is -0.470. The van der Waals surface area contributed by atoms with Gasteiger partial charge >= 0.3 is 5.92 Å². The van der Waals surface area contributed by atoms with Gasteiger partial charge in [-0.3, -0.25) is 4.79 Å². The van der Waals surface area contributed by atoms with Gasteiger partial charge in [-0.05, 0) is 41.9 Å². The number of ketones is 1. The van der Waals surface area contributed by atoms with Gasteiger partial charge in [0.05, 0.1) is 0 Å². The van der Waals surface area contributed by atoms with Crippen molar-refractivity contribution in [3.8, 4) is 0 Å². The van der Waals surface area contributed by atoms with Gasteiger partial charge in [0.15, 0.2) is 0 Å². The lowest BCUT2D eigenvalue weighted by molar-refractivity contribution is -0.142. The molecule has 2 fully saturated rings. The van der Waals surface area contributed by atoms with Crippen LogP contribution in [-0.4, -0.2) is 11.7 Å². The summed E-state index contributed by atoms with van der Waals surface area (Å²) in [5.41, 5.74) is 0.263. The Kier molecular flexibility index (Phi) is 2.68. The van der Waals surface area contributed by atoms with E-state index in [0.717, 1.165) is 19.8 Å². The number of hydrogen-bond acceptors (Lipinski definition) is 1. The van der Waals surface area contributed by atoms with E-state index in [1.54, 1.807) is 0 Å². The minimum Gasteiger partial charge on any atom is -0.293 e. The summed E-state index contributed by atoms with van der Waals surface area (Å²) in [6.45, 7) is 7.38. The lowest BCUT2D eigenvalue weighted by atomic mass is 9.65. The zero-order valence-electron chi connectivity index (χ0n) is 11.1. The number of halogens is 2. The van der Waals surface area contributed by atoms with Crippen LogP contribution in [0.2, 0.25) is 0 Å². The first-order valence-electron chi connectivity index (χ1n) is 6.50. The van der Waals surface area contributed by atoms with Gasteiger partial charge < -0.3 is 0 Å². The SMILES string of the molecule is CC(F)(F)C(=O)CC1CC2CCC1(C)C2(C)C. The molecule has 0 aromatic carbocycles. The summed E-state index contributed by atoms with van der Waals surface area (Å²) in [5.74, 6) is -3.29. The first-order valence-corrected chi connectivity index (χ1v) is 6.50. The zero-order valence-corrected chi connectivity index (χ0v) is 11.1. The minimum atomic E-state index is -3.16. The fraction of sp³-hybridized carbons (Fsp3) is 0.929. The third-order valence-electron chi connectivity index (χ3n) is 5.90. The van der Waals surface area contributed by atoms with Crippen LogP contribution in [-0.2, 0) is 4.79 Å². The summed E-state index contributed by atoms with van der Waals surface area (Å²) in [6.07, 6.45) is 3.28. The molecule has 0 heterocycles. The van der Waals surface area contributed by atoms with Crippen LogP contribution < -0.4 is 0 Å². The largest absolute Gasteiger partial charge is 0.302 e. The smallest absolute Gasteiger partial charge is 0.293 e. The highest BCUT2D eigenvalue weighted by Gasteiger charge is 2.61. The summed E-state index contributed by atoms with van der Waals surface area (Å²) in [6, 6.07) is 0. The first kappa shape index (κ1) is 13.0. The van der Waals surface area contributed by atoms with Gasteiger partial charge in [0.2, 0.25) is 5.78 Å². The Morgan fingerprint density at radius 3 is 2.29 bits per heavy atom. The number of rotatable bonds is 3. The van der Waals surface area contributed by atoms with Crippen LogP contribution in [0.15, 0.2) is 0 Å². The Balaban J connectivity index is 2.14. The molecule has 0 N–H and O–H groups in total. The molecule has 3 atom stereocenters. The van der Waals surface area contributed by atoms with Gasteiger partial charge in [-0.1, -0.05) is 20.8 Å². The second kappa shape index (κ2) is 3.52. The maximum Gasteiger partial charge on any atom is 0.302 e. The molecule has 98 valence electrons. The summed E-state index contributed by atoms with van der Waals surface area (Å²) in [7, 11) is 0. The van der Waals surface area contributed by atoms with Gasteiger partial charge in [-0.25, -0.2) is 0 Å². The number of hydrogen-bond donors (Lipinski definition) is 0. The van der Waals surface area contributed by atoms with Gasteiger partial charge in [-0.2, -0.15) is 8.78 Å². The third kappa shape index (κ3) is 1.73. The van der Waals surface area contributed by atoms with Crippen molar-refractivity contribution in [2.45, 2.75) is 59.3 Å². The molecular weight excluding hydrogens is 222 g/mol. The molecular formula is C14H22F2O. The van der Waals surface area contributed by atoms with Gasteiger partial charge in [0.25, 0.3) is 0 Å². The molecule has 0 radical (unpaired) electrons. The highest BCUT2D eigenvalue weighted by atomic mass is 19.3. The second-order valence-electron chi connectivity index (χ2n) is 6.82. The molecule has 2 saturated carbocycles. The second-order valence-corrected chi connectivity index (χ2v) is 6.82. The number of fused-ring (bicyclic) bond motifs is 2. The van der Waals surface area contributed by atoms with E-state index in [4.69, 9.17) is 0 Å². The maximum absolute atomic E-state index is 13.0. The lowest BCUT2D eigenvalue weighted by Crippen LogP contribution is -2.36. The van der Waals surface area contributed by atoms with Crippen LogP contribution in [0, 0.1) is 22.7 Å². The molecule has 3 unspecified atom stereocenters. The van der Waals surface area contributed by atoms with Crippen molar-refractivity contribution < 1.29 is 13.6 Å². The van der Waals surface area contributed by atoms with Crippen LogP contribution in [0.5, 0.6) is 0 Å². The molecule has 2 rings (SSSR count). The van der Waals surface area contributed by atoms with Crippen LogP contribution >= 0.6 is 0 Å². The number of carbonyl (C=O) groups excluding carboxylic acids is 1. The average Bonchev–Trinajstić information content (AvgIpc) is 2.49. The fourth-order valence-corrected chi connectivity index (χ4v) is 4.08. The highest BCUT2D eigenvalue weighted by molar-refractivity contribution is 5.85. The highest BCUT2D eigenvalue weighted by Crippen LogP contribution is 2.68. The zero-order chi connectivity index (χ0) is 13.1. The number of alkyl halides is 2. The molecule has 2 aliphatic carbocycles. The van der Waals surface area contributed by atoms with E-state index in [0.29, 0.717) is 5.92 Å². The predicted molar refractivity (Wildman–Crippen MR) is 63.0 cm³/mol.